The summed E-state index contributed by atoms with van der Waals surface area (Å²) >= 11 is 0. The summed E-state index contributed by atoms with van der Waals surface area (Å²) in [5.41, 5.74) is 0. The van der Waals surface area contributed by atoms with E-state index < -0.39 is 0 Å². The van der Waals surface area contributed by atoms with E-state index in [-0.39, 0.29) is 38.6 Å². The van der Waals surface area contributed by atoms with E-state index in [1.54, 1.807) is 13.8 Å². The zero-order valence-electron chi connectivity index (χ0n) is 11.5. The van der Waals surface area contributed by atoms with Crippen molar-refractivity contribution in [3.8, 4) is 0 Å². The molecule has 0 aromatic heterocycles. The molecule has 0 heterocycles. The normalized spacial score (nSPS) is 12.7. The second-order valence-electron chi connectivity index (χ2n) is 3.88. The fourth-order valence-electron chi connectivity index (χ4n) is 0.597. The molecule has 0 aliphatic rings. The zero-order chi connectivity index (χ0) is 14.8. The number of hydrogen-bond donors (Lipinski definition) is 6. The molecule has 0 aromatic rings. The maximum Gasteiger partial charge on any atom is 0.0533 e. The molecule has 0 rings (SSSR count). The molecule has 0 aliphatic carbocycles. The number of aliphatic hydroxyl groups excluding tert-OH is 6. The fraction of sp³-hybridized carbons (Fsp3) is 1.00. The topological polar surface area (TPSA) is 121 Å². The summed E-state index contributed by atoms with van der Waals surface area (Å²) in [5.74, 6) is 0. The molecule has 6 nitrogen and oxygen atoms in total. The molecule has 2 atom stereocenters. The van der Waals surface area contributed by atoms with Crippen molar-refractivity contribution in [1.82, 2.24) is 0 Å². The average Bonchev–Trinajstić information content (AvgIpc) is 2.27. The van der Waals surface area contributed by atoms with Gasteiger partial charge >= 0.3 is 0 Å². The molecular weight excluding hydrogens is 240 g/mol. The Kier molecular flexibility index (Phi) is 28.0. The Balaban J connectivity index is -0.000000187. The van der Waals surface area contributed by atoms with Crippen LogP contribution in [0.1, 0.15) is 39.5 Å². The SMILES string of the molecule is CC(O)CCO.CC(O)CCO.OCCCCO. The minimum Gasteiger partial charge on any atom is -0.396 e. The molecule has 6 heteroatoms. The molecule has 114 valence electrons. The predicted octanol–water partition coefficient (Wildman–Crippen LogP) is -0.750. The number of unbranched alkanes of at least 4 members (excludes halogenated alkanes) is 1. The molecule has 0 aromatic carbocycles. The van der Waals surface area contributed by atoms with Crippen LogP contribution < -0.4 is 0 Å². The number of aliphatic hydroxyl groups is 6. The molecule has 0 radical (unpaired) electrons. The zero-order valence-corrected chi connectivity index (χ0v) is 11.5. The lowest BCUT2D eigenvalue weighted by molar-refractivity contribution is 0.148. The van der Waals surface area contributed by atoms with Gasteiger partial charge in [0, 0.05) is 26.4 Å². The van der Waals surface area contributed by atoms with Crippen LogP contribution in [0.15, 0.2) is 0 Å². The maximum absolute atomic E-state index is 8.39. The van der Waals surface area contributed by atoms with E-state index >= 15 is 0 Å². The van der Waals surface area contributed by atoms with Gasteiger partial charge in [0.2, 0.25) is 0 Å². The van der Waals surface area contributed by atoms with Crippen LogP contribution in [0.3, 0.4) is 0 Å². The van der Waals surface area contributed by atoms with Gasteiger partial charge in [-0.1, -0.05) is 0 Å². The maximum atomic E-state index is 8.39. The monoisotopic (exact) mass is 270 g/mol. The fourth-order valence-corrected chi connectivity index (χ4v) is 0.597. The molecule has 0 spiro atoms. The van der Waals surface area contributed by atoms with Crippen LogP contribution in [0.4, 0.5) is 0 Å². The summed E-state index contributed by atoms with van der Waals surface area (Å²) in [5, 5.41) is 49.1. The smallest absolute Gasteiger partial charge is 0.0533 e. The van der Waals surface area contributed by atoms with Gasteiger partial charge in [-0.15, -0.1) is 0 Å². The van der Waals surface area contributed by atoms with E-state index in [0.29, 0.717) is 12.8 Å². The van der Waals surface area contributed by atoms with Crippen molar-refractivity contribution in [2.45, 2.75) is 51.7 Å². The highest BCUT2D eigenvalue weighted by atomic mass is 16.3. The van der Waals surface area contributed by atoms with Gasteiger partial charge in [0.15, 0.2) is 0 Å². The van der Waals surface area contributed by atoms with Gasteiger partial charge in [-0.25, -0.2) is 0 Å². The Hall–Kier alpha value is -0.240. The summed E-state index contributed by atoms with van der Waals surface area (Å²) in [7, 11) is 0. The Labute approximate surface area is 110 Å². The van der Waals surface area contributed by atoms with Crippen molar-refractivity contribution in [2.24, 2.45) is 0 Å². The van der Waals surface area contributed by atoms with Crippen molar-refractivity contribution < 1.29 is 30.6 Å². The summed E-state index contributed by atoms with van der Waals surface area (Å²) in [6.45, 7) is 3.85. The highest BCUT2D eigenvalue weighted by Crippen LogP contribution is 1.83. The Morgan fingerprint density at radius 3 is 0.944 bits per heavy atom. The van der Waals surface area contributed by atoms with Gasteiger partial charge in [0.25, 0.3) is 0 Å². The third kappa shape index (κ3) is 44.7. The molecule has 2 unspecified atom stereocenters. The average molecular weight is 270 g/mol. The van der Waals surface area contributed by atoms with Crippen LogP contribution in [-0.2, 0) is 0 Å². The minimum absolute atomic E-state index is 0.0810. The van der Waals surface area contributed by atoms with E-state index in [1.165, 1.54) is 0 Å². The van der Waals surface area contributed by atoms with Crippen LogP contribution in [0, 0.1) is 0 Å². The van der Waals surface area contributed by atoms with E-state index in [0.717, 1.165) is 12.8 Å². The highest BCUT2D eigenvalue weighted by Gasteiger charge is 1.88. The van der Waals surface area contributed by atoms with Crippen LogP contribution in [0.5, 0.6) is 0 Å². The van der Waals surface area contributed by atoms with Gasteiger partial charge in [-0.2, -0.15) is 0 Å². The molecule has 0 fully saturated rings. The Morgan fingerprint density at radius 1 is 0.611 bits per heavy atom. The van der Waals surface area contributed by atoms with E-state index in [4.69, 9.17) is 30.6 Å². The summed E-state index contributed by atoms with van der Waals surface area (Å²) in [4.78, 5) is 0. The van der Waals surface area contributed by atoms with Crippen molar-refractivity contribution in [3.05, 3.63) is 0 Å². The first-order chi connectivity index (χ1) is 8.45. The van der Waals surface area contributed by atoms with Crippen LogP contribution in [0.2, 0.25) is 0 Å². The lowest BCUT2D eigenvalue weighted by Crippen LogP contribution is -2.00. The lowest BCUT2D eigenvalue weighted by atomic mass is 10.3. The first-order valence-electron chi connectivity index (χ1n) is 6.25. The van der Waals surface area contributed by atoms with Gasteiger partial charge in [-0.05, 0) is 39.5 Å². The number of hydrogen-bond acceptors (Lipinski definition) is 6. The molecule has 18 heavy (non-hydrogen) atoms. The third-order valence-electron chi connectivity index (χ3n) is 1.66. The number of rotatable bonds is 7. The predicted molar refractivity (Wildman–Crippen MR) is 70.2 cm³/mol. The summed E-state index contributed by atoms with van der Waals surface area (Å²) < 4.78 is 0. The van der Waals surface area contributed by atoms with Gasteiger partial charge < -0.3 is 30.6 Å². The van der Waals surface area contributed by atoms with E-state index in [9.17, 15) is 0 Å². The van der Waals surface area contributed by atoms with Crippen molar-refractivity contribution in [1.29, 1.82) is 0 Å². The summed E-state index contributed by atoms with van der Waals surface area (Å²) in [6.07, 6.45) is 1.71. The largest absolute Gasteiger partial charge is 0.396 e. The van der Waals surface area contributed by atoms with E-state index in [1.807, 2.05) is 0 Å². The molecule has 6 N–H and O–H groups in total. The Morgan fingerprint density at radius 2 is 0.889 bits per heavy atom. The van der Waals surface area contributed by atoms with Crippen molar-refractivity contribution >= 4 is 0 Å². The third-order valence-corrected chi connectivity index (χ3v) is 1.66. The van der Waals surface area contributed by atoms with Crippen molar-refractivity contribution in [2.75, 3.05) is 26.4 Å². The van der Waals surface area contributed by atoms with Gasteiger partial charge in [-0.3, -0.25) is 0 Å². The second kappa shape index (κ2) is 22.0. The lowest BCUT2D eigenvalue weighted by Gasteiger charge is -1.95. The van der Waals surface area contributed by atoms with Crippen LogP contribution in [0.25, 0.3) is 0 Å². The summed E-state index contributed by atoms with van der Waals surface area (Å²) in [6, 6.07) is 0. The van der Waals surface area contributed by atoms with Gasteiger partial charge in [0.1, 0.15) is 0 Å². The van der Waals surface area contributed by atoms with Crippen molar-refractivity contribution in [3.63, 3.8) is 0 Å². The van der Waals surface area contributed by atoms with Crippen LogP contribution in [-0.4, -0.2) is 69.3 Å². The minimum atomic E-state index is -0.352. The molecule has 0 aliphatic heterocycles. The first-order valence-corrected chi connectivity index (χ1v) is 6.25. The highest BCUT2D eigenvalue weighted by molar-refractivity contribution is 4.41. The first kappa shape index (κ1) is 22.9. The van der Waals surface area contributed by atoms with Crippen LogP contribution >= 0.6 is 0 Å². The molecular formula is C12H30O6. The Bertz CT molecular complexity index is 105. The molecule has 0 amide bonds. The molecule has 0 saturated heterocycles. The molecule has 0 bridgehead atoms. The van der Waals surface area contributed by atoms with E-state index in [2.05, 4.69) is 0 Å². The standard InChI is InChI=1S/3C4H10O2/c2*1-4(6)2-3-5;5-3-1-2-4-6/h2*4-6H,2-3H2,1H3;5-6H,1-4H2. The quantitative estimate of drug-likeness (QED) is 0.339. The second-order valence-corrected chi connectivity index (χ2v) is 3.88. The molecule has 0 saturated carbocycles. The van der Waals surface area contributed by atoms with Gasteiger partial charge in [0.05, 0.1) is 12.2 Å².